The average Bonchev–Trinajstić information content (AvgIpc) is 2.74. The van der Waals surface area contributed by atoms with Gasteiger partial charge in [0.1, 0.15) is 5.54 Å². The topological polar surface area (TPSA) is 57.7 Å². The van der Waals surface area contributed by atoms with E-state index in [-0.39, 0.29) is 24.3 Å². The first-order chi connectivity index (χ1) is 11.4. The number of benzene rings is 1. The first-order valence-corrected chi connectivity index (χ1v) is 8.57. The average molecular weight is 328 g/mol. The Morgan fingerprint density at radius 1 is 1.12 bits per heavy atom. The molecule has 24 heavy (non-hydrogen) atoms. The van der Waals surface area contributed by atoms with E-state index in [9.17, 15) is 14.4 Å². The molecule has 0 bridgehead atoms. The summed E-state index contributed by atoms with van der Waals surface area (Å²) in [5, 5.41) is 0. The molecule has 1 heterocycles. The Kier molecular flexibility index (Phi) is 4.20. The summed E-state index contributed by atoms with van der Waals surface area (Å²) in [7, 11) is 1.69. The highest BCUT2D eigenvalue weighted by atomic mass is 16.2. The minimum Gasteiger partial charge on any atom is -0.313 e. The Balaban J connectivity index is 1.85. The molecule has 5 nitrogen and oxygen atoms in total. The minimum atomic E-state index is -0.725. The van der Waals surface area contributed by atoms with Crippen molar-refractivity contribution in [1.29, 1.82) is 0 Å². The highest BCUT2D eigenvalue weighted by Gasteiger charge is 2.55. The molecule has 1 aromatic carbocycles. The largest absolute Gasteiger partial charge is 0.327 e. The summed E-state index contributed by atoms with van der Waals surface area (Å²) in [6, 6.07) is 5.32. The SMILES string of the molecule is Cc1ccc(C)c(C(=O)CN2C(=O)N(C)C3(CCCCC3)C2=O)c1. The number of hydrogen-bond donors (Lipinski definition) is 0. The van der Waals surface area contributed by atoms with Crippen molar-refractivity contribution < 1.29 is 14.4 Å². The summed E-state index contributed by atoms with van der Waals surface area (Å²) >= 11 is 0. The first-order valence-electron chi connectivity index (χ1n) is 8.57. The third-order valence-electron chi connectivity index (χ3n) is 5.48. The van der Waals surface area contributed by atoms with Crippen LogP contribution in [0.4, 0.5) is 4.79 Å². The predicted molar refractivity (Wildman–Crippen MR) is 90.9 cm³/mol. The van der Waals surface area contributed by atoms with Gasteiger partial charge in [0.2, 0.25) is 0 Å². The van der Waals surface area contributed by atoms with Crippen molar-refractivity contribution in [3.63, 3.8) is 0 Å². The molecule has 0 unspecified atom stereocenters. The second kappa shape index (κ2) is 6.04. The van der Waals surface area contributed by atoms with E-state index in [2.05, 4.69) is 0 Å². The highest BCUT2D eigenvalue weighted by Crippen LogP contribution is 2.39. The van der Waals surface area contributed by atoms with Crippen molar-refractivity contribution in [3.05, 3.63) is 34.9 Å². The van der Waals surface area contributed by atoms with E-state index in [1.807, 2.05) is 32.0 Å². The van der Waals surface area contributed by atoms with Gasteiger partial charge in [-0.3, -0.25) is 14.5 Å². The smallest absolute Gasteiger partial charge is 0.313 e. The van der Waals surface area contributed by atoms with Gasteiger partial charge in [-0.2, -0.15) is 0 Å². The van der Waals surface area contributed by atoms with Crippen molar-refractivity contribution in [2.75, 3.05) is 13.6 Å². The Labute approximate surface area is 142 Å². The maximum atomic E-state index is 12.9. The van der Waals surface area contributed by atoms with Gasteiger partial charge < -0.3 is 4.90 Å². The number of imide groups is 1. The van der Waals surface area contributed by atoms with Crippen LogP contribution in [0.1, 0.15) is 53.6 Å². The monoisotopic (exact) mass is 328 g/mol. The number of aryl methyl sites for hydroxylation is 2. The van der Waals surface area contributed by atoms with Crippen molar-refractivity contribution in [2.24, 2.45) is 0 Å². The highest BCUT2D eigenvalue weighted by molar-refractivity contribution is 6.11. The van der Waals surface area contributed by atoms with Crippen LogP contribution in [0.3, 0.4) is 0 Å². The van der Waals surface area contributed by atoms with Crippen LogP contribution in [-0.2, 0) is 4.79 Å². The predicted octanol–water partition coefficient (Wildman–Crippen LogP) is 3.08. The van der Waals surface area contributed by atoms with E-state index < -0.39 is 5.54 Å². The minimum absolute atomic E-state index is 0.173. The lowest BCUT2D eigenvalue weighted by molar-refractivity contribution is -0.134. The standard InChI is InChI=1S/C19H24N2O3/c1-13-7-8-14(2)15(11-13)16(22)12-21-17(23)19(20(3)18(21)24)9-5-4-6-10-19/h7-8,11H,4-6,9-10,12H2,1-3H3. The van der Waals surface area contributed by atoms with Crippen LogP contribution in [0, 0.1) is 13.8 Å². The van der Waals surface area contributed by atoms with Crippen LogP contribution in [0.5, 0.6) is 0 Å². The summed E-state index contributed by atoms with van der Waals surface area (Å²) in [5.41, 5.74) is 1.72. The zero-order chi connectivity index (χ0) is 17.5. The molecular formula is C19H24N2O3. The Hall–Kier alpha value is -2.17. The van der Waals surface area contributed by atoms with Gasteiger partial charge in [0, 0.05) is 12.6 Å². The number of Topliss-reactive ketones (excluding diaryl/α,β-unsaturated/α-hetero) is 1. The fraction of sp³-hybridized carbons (Fsp3) is 0.526. The third kappa shape index (κ3) is 2.52. The Morgan fingerprint density at radius 2 is 1.79 bits per heavy atom. The molecule has 0 atom stereocenters. The molecule has 1 saturated carbocycles. The number of nitrogens with zero attached hydrogens (tertiary/aromatic N) is 2. The van der Waals surface area contributed by atoms with Crippen LogP contribution in [0.25, 0.3) is 0 Å². The van der Waals surface area contributed by atoms with E-state index in [1.54, 1.807) is 11.9 Å². The number of likely N-dealkylation sites (N-methyl/N-ethyl adjacent to an activating group) is 1. The summed E-state index contributed by atoms with van der Waals surface area (Å²) in [4.78, 5) is 40.9. The maximum absolute atomic E-state index is 12.9. The summed E-state index contributed by atoms with van der Waals surface area (Å²) < 4.78 is 0. The fourth-order valence-electron chi connectivity index (χ4n) is 3.94. The van der Waals surface area contributed by atoms with Crippen LogP contribution in [0.2, 0.25) is 0 Å². The Bertz CT molecular complexity index is 705. The van der Waals surface area contributed by atoms with Crippen molar-refractivity contribution in [3.8, 4) is 0 Å². The lowest BCUT2D eigenvalue weighted by Gasteiger charge is -2.35. The van der Waals surface area contributed by atoms with Gasteiger partial charge in [0.15, 0.2) is 5.78 Å². The number of carbonyl (C=O) groups excluding carboxylic acids is 3. The van der Waals surface area contributed by atoms with Crippen molar-refractivity contribution >= 4 is 17.7 Å². The van der Waals surface area contributed by atoms with E-state index in [1.165, 1.54) is 0 Å². The molecule has 128 valence electrons. The van der Waals surface area contributed by atoms with Crippen LogP contribution in [-0.4, -0.2) is 46.7 Å². The van der Waals surface area contributed by atoms with Crippen LogP contribution < -0.4 is 0 Å². The molecule has 1 aliphatic carbocycles. The van der Waals surface area contributed by atoms with Crippen molar-refractivity contribution in [1.82, 2.24) is 9.80 Å². The van der Waals surface area contributed by atoms with Gasteiger partial charge in [0.05, 0.1) is 6.54 Å². The summed E-state index contributed by atoms with van der Waals surface area (Å²) in [5.74, 6) is -0.382. The maximum Gasteiger partial charge on any atom is 0.327 e. The molecule has 2 fully saturated rings. The van der Waals surface area contributed by atoms with Gasteiger partial charge in [-0.25, -0.2) is 4.79 Å². The zero-order valence-corrected chi connectivity index (χ0v) is 14.6. The molecule has 0 N–H and O–H groups in total. The quantitative estimate of drug-likeness (QED) is 0.633. The van der Waals surface area contributed by atoms with Gasteiger partial charge in [0.25, 0.3) is 5.91 Å². The van der Waals surface area contributed by atoms with Gasteiger partial charge >= 0.3 is 6.03 Å². The van der Waals surface area contributed by atoms with Crippen LogP contribution in [0.15, 0.2) is 18.2 Å². The third-order valence-corrected chi connectivity index (χ3v) is 5.48. The van der Waals surface area contributed by atoms with E-state index >= 15 is 0 Å². The lowest BCUT2D eigenvalue weighted by Crippen LogP contribution is -2.49. The number of urea groups is 1. The molecule has 0 aromatic heterocycles. The van der Waals surface area contributed by atoms with Crippen LogP contribution >= 0.6 is 0 Å². The zero-order valence-electron chi connectivity index (χ0n) is 14.6. The fourth-order valence-corrected chi connectivity index (χ4v) is 3.94. The van der Waals surface area contributed by atoms with E-state index in [0.29, 0.717) is 18.4 Å². The molecule has 1 spiro atoms. The number of carbonyl (C=O) groups is 3. The molecule has 2 aliphatic rings. The lowest BCUT2D eigenvalue weighted by atomic mass is 9.80. The molecule has 5 heteroatoms. The summed E-state index contributed by atoms with van der Waals surface area (Å²) in [6.07, 6.45) is 4.38. The van der Waals surface area contributed by atoms with Gasteiger partial charge in [-0.1, -0.05) is 37.0 Å². The Morgan fingerprint density at radius 3 is 2.46 bits per heavy atom. The molecule has 1 aromatic rings. The van der Waals surface area contributed by atoms with E-state index in [4.69, 9.17) is 0 Å². The second-order valence-corrected chi connectivity index (χ2v) is 7.07. The molecular weight excluding hydrogens is 304 g/mol. The van der Waals surface area contributed by atoms with Crippen molar-refractivity contribution in [2.45, 2.75) is 51.5 Å². The number of hydrogen-bond acceptors (Lipinski definition) is 3. The number of ketones is 1. The second-order valence-electron chi connectivity index (χ2n) is 7.07. The number of rotatable bonds is 3. The number of amides is 3. The van der Waals surface area contributed by atoms with Gasteiger partial charge in [-0.15, -0.1) is 0 Å². The van der Waals surface area contributed by atoms with E-state index in [0.717, 1.165) is 35.3 Å². The molecule has 0 radical (unpaired) electrons. The molecule has 3 amide bonds. The normalized spacial score (nSPS) is 20.1. The molecule has 1 aliphatic heterocycles. The molecule has 3 rings (SSSR count). The van der Waals surface area contributed by atoms with Gasteiger partial charge in [-0.05, 0) is 38.3 Å². The first kappa shape index (κ1) is 16.7. The molecule has 1 saturated heterocycles. The summed E-state index contributed by atoms with van der Waals surface area (Å²) in [6.45, 7) is 3.62.